The highest BCUT2D eigenvalue weighted by molar-refractivity contribution is 6.30. The average molecular weight is 467 g/mol. The number of hydrogen-bond acceptors (Lipinski definition) is 2. The normalized spacial score (nSPS) is 18.4. The van der Waals surface area contributed by atoms with Gasteiger partial charge in [0.2, 0.25) is 0 Å². The van der Waals surface area contributed by atoms with Gasteiger partial charge >= 0.3 is 0 Å². The summed E-state index contributed by atoms with van der Waals surface area (Å²) in [5.41, 5.74) is 2.16. The molecule has 2 heterocycles. The Morgan fingerprint density at radius 3 is 2.30 bits per heavy atom. The number of rotatable bonds is 3. The van der Waals surface area contributed by atoms with Gasteiger partial charge in [0.1, 0.15) is 17.2 Å². The molecule has 1 saturated heterocycles. The molecule has 1 fully saturated rings. The van der Waals surface area contributed by atoms with E-state index < -0.39 is 23.1 Å². The van der Waals surface area contributed by atoms with Crippen LogP contribution in [0.2, 0.25) is 5.02 Å². The summed E-state index contributed by atoms with van der Waals surface area (Å²) in [6.45, 7) is 4.32. The maximum absolute atomic E-state index is 14.4. The van der Waals surface area contributed by atoms with Gasteiger partial charge in [0.25, 0.3) is 5.91 Å². The van der Waals surface area contributed by atoms with Crippen LogP contribution in [0.15, 0.2) is 66.7 Å². The van der Waals surface area contributed by atoms with E-state index in [1.807, 2.05) is 12.1 Å². The molecule has 0 bridgehead atoms. The molecule has 5 rings (SSSR count). The molecule has 0 saturated carbocycles. The standard InChI is InChI=1S/C27H25ClF2N2O/c1-18(19-6-3-2-4-7-19)31-14-12-27(13-15-31)17-32(24-11-10-20(28)16-21(24)27)26(33)25-22(29)8-5-9-23(25)30/h2-11,16,18H,12-15,17H2,1H3. The fourth-order valence-electron chi connectivity index (χ4n) is 5.37. The highest BCUT2D eigenvalue weighted by Crippen LogP contribution is 2.49. The average Bonchev–Trinajstić information content (AvgIpc) is 3.12. The summed E-state index contributed by atoms with van der Waals surface area (Å²) in [6.07, 6.45) is 1.67. The lowest BCUT2D eigenvalue weighted by Gasteiger charge is -2.42. The second kappa shape index (κ2) is 8.54. The van der Waals surface area contributed by atoms with Crippen molar-refractivity contribution in [2.24, 2.45) is 0 Å². The number of fused-ring (bicyclic) bond motifs is 2. The van der Waals surface area contributed by atoms with Crippen LogP contribution in [-0.2, 0) is 5.41 Å². The van der Waals surface area contributed by atoms with Gasteiger partial charge in [0, 0.05) is 28.7 Å². The van der Waals surface area contributed by atoms with Gasteiger partial charge in [0.15, 0.2) is 0 Å². The molecule has 2 aliphatic heterocycles. The molecule has 33 heavy (non-hydrogen) atoms. The minimum atomic E-state index is -0.844. The van der Waals surface area contributed by atoms with Gasteiger partial charge in [-0.2, -0.15) is 0 Å². The number of anilines is 1. The molecule has 0 N–H and O–H groups in total. The third-order valence-electron chi connectivity index (χ3n) is 7.29. The van der Waals surface area contributed by atoms with E-state index in [1.165, 1.54) is 16.5 Å². The van der Waals surface area contributed by atoms with E-state index in [0.29, 0.717) is 17.3 Å². The number of hydrogen-bond donors (Lipinski definition) is 0. The molecule has 1 atom stereocenters. The van der Waals surface area contributed by atoms with Crippen LogP contribution in [0.5, 0.6) is 0 Å². The summed E-state index contributed by atoms with van der Waals surface area (Å²) in [5, 5.41) is 0.597. The van der Waals surface area contributed by atoms with Crippen LogP contribution >= 0.6 is 11.6 Å². The molecule has 1 spiro atoms. The van der Waals surface area contributed by atoms with Crippen LogP contribution in [0.1, 0.15) is 47.3 Å². The van der Waals surface area contributed by atoms with E-state index in [1.54, 1.807) is 12.1 Å². The first kappa shape index (κ1) is 22.1. The Bertz CT molecular complexity index is 1170. The van der Waals surface area contributed by atoms with E-state index in [9.17, 15) is 13.6 Å². The van der Waals surface area contributed by atoms with E-state index in [0.717, 1.165) is 43.6 Å². The SMILES string of the molecule is CC(c1ccccc1)N1CCC2(CC1)CN(C(=O)c1c(F)cccc1F)c1ccc(Cl)cc12. The van der Waals surface area contributed by atoms with Gasteiger partial charge in [0.05, 0.1) is 0 Å². The molecule has 1 unspecified atom stereocenters. The monoisotopic (exact) mass is 466 g/mol. The Morgan fingerprint density at radius 1 is 0.970 bits per heavy atom. The van der Waals surface area contributed by atoms with E-state index >= 15 is 0 Å². The lowest BCUT2D eigenvalue weighted by molar-refractivity contribution is 0.0958. The molecular formula is C27H25ClF2N2O. The smallest absolute Gasteiger partial charge is 0.264 e. The summed E-state index contributed by atoms with van der Waals surface area (Å²) in [6, 6.07) is 19.6. The number of piperidine rings is 1. The van der Waals surface area contributed by atoms with Crippen molar-refractivity contribution in [1.29, 1.82) is 0 Å². The summed E-state index contributed by atoms with van der Waals surface area (Å²) in [4.78, 5) is 17.3. The molecule has 3 aromatic rings. The quantitative estimate of drug-likeness (QED) is 0.447. The maximum Gasteiger partial charge on any atom is 0.264 e. The molecule has 3 nitrogen and oxygen atoms in total. The predicted molar refractivity (Wildman–Crippen MR) is 127 cm³/mol. The van der Waals surface area contributed by atoms with Crippen LogP contribution in [-0.4, -0.2) is 30.4 Å². The van der Waals surface area contributed by atoms with Crippen LogP contribution in [0.4, 0.5) is 14.5 Å². The zero-order valence-electron chi connectivity index (χ0n) is 18.4. The van der Waals surface area contributed by atoms with Gasteiger partial charge < -0.3 is 4.90 Å². The lowest BCUT2D eigenvalue weighted by atomic mass is 9.74. The Kier molecular flexibility index (Phi) is 5.71. The topological polar surface area (TPSA) is 23.6 Å². The highest BCUT2D eigenvalue weighted by Gasteiger charge is 2.47. The Hall–Kier alpha value is -2.76. The number of carbonyl (C=O) groups is 1. The van der Waals surface area contributed by atoms with Crippen LogP contribution < -0.4 is 4.90 Å². The third-order valence-corrected chi connectivity index (χ3v) is 7.52. The van der Waals surface area contributed by atoms with Crippen LogP contribution in [0, 0.1) is 11.6 Å². The molecular weight excluding hydrogens is 442 g/mol. The Balaban J connectivity index is 1.44. The maximum atomic E-state index is 14.4. The highest BCUT2D eigenvalue weighted by atomic mass is 35.5. The Labute approximate surface area is 197 Å². The largest absolute Gasteiger partial charge is 0.307 e. The van der Waals surface area contributed by atoms with Crippen molar-refractivity contribution in [2.75, 3.05) is 24.5 Å². The molecule has 3 aromatic carbocycles. The summed E-state index contributed by atoms with van der Waals surface area (Å²) >= 11 is 6.35. The van der Waals surface area contributed by atoms with Crippen molar-refractivity contribution in [2.45, 2.75) is 31.2 Å². The van der Waals surface area contributed by atoms with E-state index in [-0.39, 0.29) is 11.5 Å². The second-order valence-electron chi connectivity index (χ2n) is 9.05. The first-order valence-corrected chi connectivity index (χ1v) is 11.6. The minimum absolute atomic E-state index is 0.286. The molecule has 1 amide bonds. The first-order chi connectivity index (χ1) is 15.9. The van der Waals surface area contributed by atoms with Gasteiger partial charge in [-0.1, -0.05) is 48.0 Å². The van der Waals surface area contributed by atoms with Crippen molar-refractivity contribution in [3.05, 3.63) is 100 Å². The van der Waals surface area contributed by atoms with Crippen molar-refractivity contribution < 1.29 is 13.6 Å². The zero-order valence-corrected chi connectivity index (χ0v) is 19.2. The summed E-state index contributed by atoms with van der Waals surface area (Å²) < 4.78 is 28.8. The number of benzene rings is 3. The molecule has 170 valence electrons. The number of amides is 1. The van der Waals surface area contributed by atoms with Crippen molar-refractivity contribution in [1.82, 2.24) is 4.90 Å². The van der Waals surface area contributed by atoms with E-state index in [4.69, 9.17) is 11.6 Å². The lowest BCUT2D eigenvalue weighted by Crippen LogP contribution is -2.46. The predicted octanol–water partition coefficient (Wildman–Crippen LogP) is 6.37. The number of carbonyl (C=O) groups excluding carboxylic acids is 1. The van der Waals surface area contributed by atoms with Crippen molar-refractivity contribution in [3.63, 3.8) is 0 Å². The van der Waals surface area contributed by atoms with Crippen LogP contribution in [0.25, 0.3) is 0 Å². The first-order valence-electron chi connectivity index (χ1n) is 11.2. The molecule has 0 radical (unpaired) electrons. The fourth-order valence-corrected chi connectivity index (χ4v) is 5.54. The second-order valence-corrected chi connectivity index (χ2v) is 9.49. The van der Waals surface area contributed by atoms with Crippen molar-refractivity contribution in [3.8, 4) is 0 Å². The van der Waals surface area contributed by atoms with Gasteiger partial charge in [-0.25, -0.2) is 8.78 Å². The fraction of sp³-hybridized carbons (Fsp3) is 0.296. The summed E-state index contributed by atoms with van der Waals surface area (Å²) in [5.74, 6) is -2.34. The van der Waals surface area contributed by atoms with Gasteiger partial charge in [-0.3, -0.25) is 9.69 Å². The molecule has 2 aliphatic rings. The molecule has 0 aliphatic carbocycles. The van der Waals surface area contributed by atoms with Crippen molar-refractivity contribution >= 4 is 23.2 Å². The molecule has 0 aromatic heterocycles. The Morgan fingerprint density at radius 2 is 1.64 bits per heavy atom. The number of nitrogens with zero attached hydrogens (tertiary/aromatic N) is 2. The van der Waals surface area contributed by atoms with E-state index in [2.05, 4.69) is 36.1 Å². The minimum Gasteiger partial charge on any atom is -0.307 e. The van der Waals surface area contributed by atoms with Gasteiger partial charge in [-0.05, 0) is 74.3 Å². The number of likely N-dealkylation sites (tertiary alicyclic amines) is 1. The van der Waals surface area contributed by atoms with Gasteiger partial charge in [-0.15, -0.1) is 0 Å². The zero-order chi connectivity index (χ0) is 23.2. The third kappa shape index (κ3) is 3.83. The summed E-state index contributed by atoms with van der Waals surface area (Å²) in [7, 11) is 0. The number of halogens is 3. The molecule has 6 heteroatoms. The van der Waals surface area contributed by atoms with Crippen LogP contribution in [0.3, 0.4) is 0 Å².